The highest BCUT2D eigenvalue weighted by Crippen LogP contribution is 2.31. The molecule has 1 aliphatic rings. The summed E-state index contributed by atoms with van der Waals surface area (Å²) in [7, 11) is -4.00. The summed E-state index contributed by atoms with van der Waals surface area (Å²) in [6.07, 6.45) is 0.685. The quantitative estimate of drug-likeness (QED) is 0.466. The fourth-order valence-electron chi connectivity index (χ4n) is 4.29. The summed E-state index contributed by atoms with van der Waals surface area (Å²) in [6, 6.07) is 20.7. The molecule has 4 rings (SSSR count). The minimum Gasteiger partial charge on any atom is -0.480 e. The van der Waals surface area contributed by atoms with Gasteiger partial charge < -0.3 is 10.0 Å². The summed E-state index contributed by atoms with van der Waals surface area (Å²) >= 11 is 4.46. The predicted molar refractivity (Wildman–Crippen MR) is 133 cm³/mol. The van der Waals surface area contributed by atoms with Gasteiger partial charge in [0, 0.05) is 18.3 Å². The maximum Gasteiger partial charge on any atom is 0.323 e. The molecule has 34 heavy (non-hydrogen) atoms. The van der Waals surface area contributed by atoms with Crippen molar-refractivity contribution < 1.29 is 23.1 Å². The number of amides is 1. The predicted octanol–water partition coefficient (Wildman–Crippen LogP) is 3.06. The molecular weight excluding hydrogens is 472 g/mol. The van der Waals surface area contributed by atoms with E-state index in [4.69, 9.17) is 0 Å². The van der Waals surface area contributed by atoms with Crippen LogP contribution in [0.5, 0.6) is 0 Å². The van der Waals surface area contributed by atoms with E-state index >= 15 is 0 Å². The number of carboxylic acid groups (broad SMARTS) is 1. The van der Waals surface area contributed by atoms with E-state index in [9.17, 15) is 23.1 Å². The lowest BCUT2D eigenvalue weighted by molar-refractivity contribution is -0.145. The second-order valence-corrected chi connectivity index (χ2v) is 11.0. The van der Waals surface area contributed by atoms with Crippen molar-refractivity contribution in [3.8, 4) is 0 Å². The number of carbonyl (C=O) groups excluding carboxylic acids is 1. The SMILES string of the molecule is O=C(O)CN(CCc1ccccc1)C(=O)C1CC(S)CN1S(=O)(=O)c1ccc2ccccc2c1. The lowest BCUT2D eigenvalue weighted by Gasteiger charge is -2.29. The van der Waals surface area contributed by atoms with Crippen molar-refractivity contribution >= 4 is 45.3 Å². The Morgan fingerprint density at radius 3 is 2.38 bits per heavy atom. The van der Waals surface area contributed by atoms with Gasteiger partial charge in [-0.15, -0.1) is 0 Å². The molecular formula is C25H26N2O5S2. The summed E-state index contributed by atoms with van der Waals surface area (Å²) in [5.74, 6) is -1.66. The number of fused-ring (bicyclic) bond motifs is 1. The number of hydrogen-bond acceptors (Lipinski definition) is 5. The smallest absolute Gasteiger partial charge is 0.323 e. The highest BCUT2D eigenvalue weighted by molar-refractivity contribution is 7.89. The third-order valence-electron chi connectivity index (χ3n) is 6.00. The molecule has 0 bridgehead atoms. The first-order valence-electron chi connectivity index (χ1n) is 11.0. The lowest BCUT2D eigenvalue weighted by atomic mass is 10.1. The van der Waals surface area contributed by atoms with Crippen molar-refractivity contribution in [2.24, 2.45) is 0 Å². The molecule has 0 spiro atoms. The van der Waals surface area contributed by atoms with Gasteiger partial charge >= 0.3 is 5.97 Å². The molecule has 0 saturated carbocycles. The summed E-state index contributed by atoms with van der Waals surface area (Å²) in [5.41, 5.74) is 0.963. The van der Waals surface area contributed by atoms with E-state index in [2.05, 4.69) is 12.6 Å². The summed E-state index contributed by atoms with van der Waals surface area (Å²) in [4.78, 5) is 26.3. The second-order valence-electron chi connectivity index (χ2n) is 8.38. The van der Waals surface area contributed by atoms with Gasteiger partial charge in [-0.2, -0.15) is 16.9 Å². The number of hydrogen-bond donors (Lipinski definition) is 2. The first kappa shape index (κ1) is 24.3. The van der Waals surface area contributed by atoms with Crippen LogP contribution >= 0.6 is 12.6 Å². The Morgan fingerprint density at radius 1 is 1.00 bits per heavy atom. The Bertz CT molecular complexity index is 1300. The number of thiol groups is 1. The molecule has 2 atom stereocenters. The minimum absolute atomic E-state index is 0.0777. The van der Waals surface area contributed by atoms with Crippen LogP contribution in [0.3, 0.4) is 0 Å². The van der Waals surface area contributed by atoms with Gasteiger partial charge in [0.2, 0.25) is 15.9 Å². The Balaban J connectivity index is 1.60. The Labute approximate surface area is 204 Å². The maximum absolute atomic E-state index is 13.6. The second kappa shape index (κ2) is 10.2. The van der Waals surface area contributed by atoms with Crippen LogP contribution in [0.2, 0.25) is 0 Å². The normalized spacial score (nSPS) is 18.7. The number of carbonyl (C=O) groups is 2. The highest BCUT2D eigenvalue weighted by atomic mass is 32.2. The standard InChI is InChI=1S/C25H26N2O5S2/c28-24(29)17-26(13-12-18-6-2-1-3-7-18)25(30)23-15-21(33)16-27(23)34(31,32)22-11-10-19-8-4-5-9-20(19)14-22/h1-11,14,21,23,33H,12-13,15-17H2,(H,28,29). The molecule has 1 saturated heterocycles. The molecule has 1 aliphatic heterocycles. The topological polar surface area (TPSA) is 95.0 Å². The van der Waals surface area contributed by atoms with Crippen LogP contribution in [0.1, 0.15) is 12.0 Å². The number of carboxylic acids is 1. The van der Waals surface area contributed by atoms with E-state index in [1.165, 1.54) is 15.3 Å². The minimum atomic E-state index is -4.00. The molecule has 1 amide bonds. The van der Waals surface area contributed by atoms with Crippen molar-refractivity contribution in [3.63, 3.8) is 0 Å². The van der Waals surface area contributed by atoms with Gasteiger partial charge in [-0.05, 0) is 41.3 Å². The zero-order chi connectivity index (χ0) is 24.3. The highest BCUT2D eigenvalue weighted by Gasteiger charge is 2.44. The molecule has 3 aromatic rings. The number of aliphatic carboxylic acids is 1. The van der Waals surface area contributed by atoms with Gasteiger partial charge in [0.15, 0.2) is 0 Å². The van der Waals surface area contributed by atoms with Crippen molar-refractivity contribution in [2.45, 2.75) is 29.0 Å². The molecule has 0 aliphatic carbocycles. The van der Waals surface area contributed by atoms with Gasteiger partial charge in [0.1, 0.15) is 12.6 Å². The van der Waals surface area contributed by atoms with Crippen LogP contribution in [0.15, 0.2) is 77.7 Å². The van der Waals surface area contributed by atoms with Gasteiger partial charge in [-0.1, -0.05) is 60.7 Å². The average Bonchev–Trinajstić information content (AvgIpc) is 3.24. The van der Waals surface area contributed by atoms with Gasteiger partial charge in [-0.25, -0.2) is 8.42 Å². The number of nitrogens with zero attached hydrogens (tertiary/aromatic N) is 2. The van der Waals surface area contributed by atoms with Crippen LogP contribution in [0.4, 0.5) is 0 Å². The van der Waals surface area contributed by atoms with Gasteiger partial charge in [-0.3, -0.25) is 9.59 Å². The van der Waals surface area contributed by atoms with Crippen molar-refractivity contribution in [3.05, 3.63) is 78.4 Å². The molecule has 0 radical (unpaired) electrons. The zero-order valence-corrected chi connectivity index (χ0v) is 20.2. The number of benzene rings is 3. The summed E-state index contributed by atoms with van der Waals surface area (Å²) < 4.78 is 28.3. The molecule has 3 aromatic carbocycles. The largest absolute Gasteiger partial charge is 0.480 e. The van der Waals surface area contributed by atoms with E-state index < -0.39 is 34.5 Å². The van der Waals surface area contributed by atoms with Crippen molar-refractivity contribution in [1.29, 1.82) is 0 Å². The molecule has 178 valence electrons. The molecule has 0 aromatic heterocycles. The summed E-state index contributed by atoms with van der Waals surface area (Å²) in [6.45, 7) is -0.246. The first-order chi connectivity index (χ1) is 16.3. The third-order valence-corrected chi connectivity index (χ3v) is 8.24. The fourth-order valence-corrected chi connectivity index (χ4v) is 6.45. The molecule has 9 heteroatoms. The molecule has 7 nitrogen and oxygen atoms in total. The van der Waals surface area contributed by atoms with Gasteiger partial charge in [0.25, 0.3) is 0 Å². The zero-order valence-electron chi connectivity index (χ0n) is 18.4. The lowest BCUT2D eigenvalue weighted by Crippen LogP contribution is -2.49. The van der Waals surface area contributed by atoms with Crippen LogP contribution in [-0.4, -0.2) is 65.5 Å². The summed E-state index contributed by atoms with van der Waals surface area (Å²) in [5, 5.41) is 10.8. The molecule has 1 heterocycles. The van der Waals surface area contributed by atoms with Crippen molar-refractivity contribution in [1.82, 2.24) is 9.21 Å². The molecule has 1 N–H and O–H groups in total. The Hall–Kier alpha value is -2.88. The Morgan fingerprint density at radius 2 is 1.68 bits per heavy atom. The molecule has 2 unspecified atom stereocenters. The monoisotopic (exact) mass is 498 g/mol. The number of sulfonamides is 1. The van der Waals surface area contributed by atoms with E-state index in [0.717, 1.165) is 16.3 Å². The van der Waals surface area contributed by atoms with E-state index in [1.807, 2.05) is 54.6 Å². The van der Waals surface area contributed by atoms with Crippen LogP contribution in [0, 0.1) is 0 Å². The average molecular weight is 499 g/mol. The van der Waals surface area contributed by atoms with E-state index in [1.54, 1.807) is 12.1 Å². The third kappa shape index (κ3) is 5.27. The van der Waals surface area contributed by atoms with Crippen LogP contribution < -0.4 is 0 Å². The van der Waals surface area contributed by atoms with E-state index in [-0.39, 0.29) is 29.7 Å². The van der Waals surface area contributed by atoms with Crippen LogP contribution in [0.25, 0.3) is 10.8 Å². The number of rotatable bonds is 8. The first-order valence-corrected chi connectivity index (χ1v) is 12.9. The Kier molecular flexibility index (Phi) is 7.25. The van der Waals surface area contributed by atoms with Gasteiger partial charge in [0.05, 0.1) is 4.90 Å². The van der Waals surface area contributed by atoms with Crippen molar-refractivity contribution in [2.75, 3.05) is 19.6 Å². The van der Waals surface area contributed by atoms with Crippen LogP contribution in [-0.2, 0) is 26.0 Å². The maximum atomic E-state index is 13.6. The fraction of sp³-hybridized carbons (Fsp3) is 0.280. The van der Waals surface area contributed by atoms with E-state index in [0.29, 0.717) is 6.42 Å². The molecule has 1 fully saturated rings.